The second kappa shape index (κ2) is 6.44. The van der Waals surface area contributed by atoms with E-state index in [9.17, 15) is 4.79 Å². The molecule has 2 heterocycles. The van der Waals surface area contributed by atoms with Gasteiger partial charge < -0.3 is 20.5 Å². The lowest BCUT2D eigenvalue weighted by molar-refractivity contribution is -0.136. The Balaban J connectivity index is 1.79. The summed E-state index contributed by atoms with van der Waals surface area (Å²) >= 11 is 0. The van der Waals surface area contributed by atoms with Crippen molar-refractivity contribution in [3.8, 4) is 6.01 Å². The van der Waals surface area contributed by atoms with Crippen LogP contribution in [0.25, 0.3) is 0 Å². The summed E-state index contributed by atoms with van der Waals surface area (Å²) in [6, 6.07) is 0.346. The lowest BCUT2D eigenvalue weighted by Crippen LogP contribution is -2.43. The Morgan fingerprint density at radius 1 is 1.53 bits per heavy atom. The highest BCUT2D eigenvalue weighted by atomic mass is 16.5. The van der Waals surface area contributed by atoms with Crippen LogP contribution in [0.1, 0.15) is 18.4 Å². The Labute approximate surface area is 111 Å². The number of ether oxygens (including phenoxy) is 2. The van der Waals surface area contributed by atoms with Crippen molar-refractivity contribution in [2.45, 2.75) is 31.5 Å². The number of amides is 1. The lowest BCUT2D eigenvalue weighted by atomic mass is 10.1. The van der Waals surface area contributed by atoms with Gasteiger partial charge in [0.15, 0.2) is 0 Å². The van der Waals surface area contributed by atoms with E-state index in [1.807, 2.05) is 0 Å². The molecule has 1 aromatic rings. The number of methoxy groups -OCH3 is 1. The van der Waals surface area contributed by atoms with Gasteiger partial charge in [-0.3, -0.25) is 4.79 Å². The zero-order valence-corrected chi connectivity index (χ0v) is 10.8. The average molecular weight is 266 g/mol. The van der Waals surface area contributed by atoms with E-state index >= 15 is 0 Å². The minimum absolute atomic E-state index is 0.0408. The van der Waals surface area contributed by atoms with Crippen LogP contribution in [0.2, 0.25) is 0 Å². The normalized spacial score (nSPS) is 22.8. The standard InChI is InChI=1S/C12H18N4O3/c1-18-12-15-5-8(6-16-12)4-14-11(17)10-3-2-9(13)7-19-10/h5-6,9-10H,2-4,7,13H2,1H3,(H,14,17)/t9-,10+/m1/s1. The summed E-state index contributed by atoms with van der Waals surface area (Å²) in [4.78, 5) is 19.8. The number of nitrogens with two attached hydrogens (primary N) is 1. The van der Waals surface area contributed by atoms with Gasteiger partial charge in [0, 0.05) is 30.5 Å². The first kappa shape index (κ1) is 13.7. The third-order valence-corrected chi connectivity index (χ3v) is 2.93. The molecule has 2 atom stereocenters. The Kier molecular flexibility index (Phi) is 4.64. The summed E-state index contributed by atoms with van der Waals surface area (Å²) < 4.78 is 10.2. The molecule has 0 saturated carbocycles. The van der Waals surface area contributed by atoms with Crippen LogP contribution < -0.4 is 15.8 Å². The summed E-state index contributed by atoms with van der Waals surface area (Å²) in [5, 5.41) is 2.80. The molecule has 1 aliphatic rings. The highest BCUT2D eigenvalue weighted by Crippen LogP contribution is 2.12. The van der Waals surface area contributed by atoms with Crippen LogP contribution in [0.5, 0.6) is 6.01 Å². The van der Waals surface area contributed by atoms with Crippen LogP contribution in [0, 0.1) is 0 Å². The van der Waals surface area contributed by atoms with E-state index in [-0.39, 0.29) is 11.9 Å². The van der Waals surface area contributed by atoms with Crippen molar-refractivity contribution in [3.05, 3.63) is 18.0 Å². The van der Waals surface area contributed by atoms with E-state index in [0.29, 0.717) is 25.6 Å². The molecule has 7 nitrogen and oxygen atoms in total. The Morgan fingerprint density at radius 3 is 2.84 bits per heavy atom. The largest absolute Gasteiger partial charge is 0.467 e. The minimum atomic E-state index is -0.404. The summed E-state index contributed by atoms with van der Waals surface area (Å²) in [5.74, 6) is -0.122. The van der Waals surface area contributed by atoms with Crippen molar-refractivity contribution in [2.24, 2.45) is 5.73 Å². The van der Waals surface area contributed by atoms with Crippen molar-refractivity contribution in [1.29, 1.82) is 0 Å². The van der Waals surface area contributed by atoms with Crippen LogP contribution in [0.15, 0.2) is 12.4 Å². The van der Waals surface area contributed by atoms with E-state index in [4.69, 9.17) is 15.2 Å². The molecule has 1 saturated heterocycles. The van der Waals surface area contributed by atoms with Gasteiger partial charge in [0.05, 0.1) is 13.7 Å². The van der Waals surface area contributed by atoms with Crippen molar-refractivity contribution < 1.29 is 14.3 Å². The number of carbonyl (C=O) groups excluding carboxylic acids is 1. The molecule has 104 valence electrons. The fraction of sp³-hybridized carbons (Fsp3) is 0.583. The van der Waals surface area contributed by atoms with E-state index in [0.717, 1.165) is 12.0 Å². The average Bonchev–Trinajstić information content (AvgIpc) is 2.46. The maximum absolute atomic E-state index is 11.9. The molecule has 19 heavy (non-hydrogen) atoms. The molecule has 0 spiro atoms. The smallest absolute Gasteiger partial charge is 0.316 e. The number of rotatable bonds is 4. The Bertz CT molecular complexity index is 415. The molecular weight excluding hydrogens is 248 g/mol. The van der Waals surface area contributed by atoms with Gasteiger partial charge in [0.25, 0.3) is 0 Å². The number of nitrogens with zero attached hydrogens (tertiary/aromatic N) is 2. The van der Waals surface area contributed by atoms with E-state index in [2.05, 4.69) is 15.3 Å². The molecule has 1 fully saturated rings. The van der Waals surface area contributed by atoms with Crippen LogP contribution in [0.4, 0.5) is 0 Å². The van der Waals surface area contributed by atoms with Crippen molar-refractivity contribution in [3.63, 3.8) is 0 Å². The molecule has 0 bridgehead atoms. The van der Waals surface area contributed by atoms with Gasteiger partial charge >= 0.3 is 6.01 Å². The molecular formula is C12H18N4O3. The second-order valence-electron chi connectivity index (χ2n) is 4.46. The summed E-state index contributed by atoms with van der Waals surface area (Å²) in [7, 11) is 1.50. The molecule has 7 heteroatoms. The van der Waals surface area contributed by atoms with Crippen LogP contribution >= 0.6 is 0 Å². The van der Waals surface area contributed by atoms with Crippen molar-refractivity contribution in [2.75, 3.05) is 13.7 Å². The number of nitrogens with one attached hydrogen (secondary N) is 1. The monoisotopic (exact) mass is 266 g/mol. The number of hydrogen-bond acceptors (Lipinski definition) is 6. The summed E-state index contributed by atoms with van der Waals surface area (Å²) in [5.41, 5.74) is 6.51. The van der Waals surface area contributed by atoms with Crippen LogP contribution in [-0.4, -0.2) is 41.7 Å². The zero-order chi connectivity index (χ0) is 13.7. The third kappa shape index (κ3) is 3.87. The highest BCUT2D eigenvalue weighted by Gasteiger charge is 2.24. The maximum Gasteiger partial charge on any atom is 0.316 e. The van der Waals surface area contributed by atoms with Gasteiger partial charge in [-0.05, 0) is 12.8 Å². The number of carbonyl (C=O) groups is 1. The van der Waals surface area contributed by atoms with Gasteiger partial charge in [-0.15, -0.1) is 0 Å². The number of hydrogen-bond donors (Lipinski definition) is 2. The molecule has 3 N–H and O–H groups in total. The topological polar surface area (TPSA) is 99.4 Å². The molecule has 0 aliphatic carbocycles. The van der Waals surface area contributed by atoms with Gasteiger partial charge in [0.1, 0.15) is 6.10 Å². The van der Waals surface area contributed by atoms with Gasteiger partial charge in [-0.2, -0.15) is 0 Å². The molecule has 1 aliphatic heterocycles. The predicted molar refractivity (Wildman–Crippen MR) is 67.4 cm³/mol. The van der Waals surface area contributed by atoms with Crippen molar-refractivity contribution >= 4 is 5.91 Å². The zero-order valence-electron chi connectivity index (χ0n) is 10.8. The molecule has 2 rings (SSSR count). The van der Waals surface area contributed by atoms with Crippen molar-refractivity contribution in [1.82, 2.24) is 15.3 Å². The fourth-order valence-electron chi connectivity index (χ4n) is 1.82. The van der Waals surface area contributed by atoms with Crippen LogP contribution in [-0.2, 0) is 16.1 Å². The fourth-order valence-corrected chi connectivity index (χ4v) is 1.82. The van der Waals surface area contributed by atoms with E-state index in [1.165, 1.54) is 7.11 Å². The molecule has 1 amide bonds. The van der Waals surface area contributed by atoms with E-state index in [1.54, 1.807) is 12.4 Å². The van der Waals surface area contributed by atoms with Gasteiger partial charge in [-0.1, -0.05) is 0 Å². The summed E-state index contributed by atoms with van der Waals surface area (Å²) in [6.07, 6.45) is 4.29. The summed E-state index contributed by atoms with van der Waals surface area (Å²) in [6.45, 7) is 0.804. The second-order valence-corrected chi connectivity index (χ2v) is 4.46. The third-order valence-electron chi connectivity index (χ3n) is 2.93. The first-order valence-electron chi connectivity index (χ1n) is 6.19. The Morgan fingerprint density at radius 2 is 2.26 bits per heavy atom. The quantitative estimate of drug-likeness (QED) is 0.770. The number of aromatic nitrogens is 2. The molecule has 0 unspecified atom stereocenters. The van der Waals surface area contributed by atoms with Gasteiger partial charge in [0.2, 0.25) is 5.91 Å². The Hall–Kier alpha value is -1.73. The SMILES string of the molecule is COc1ncc(CNC(=O)[C@@H]2CC[C@@H](N)CO2)cn1. The first-order chi connectivity index (χ1) is 9.19. The molecule has 0 aromatic carbocycles. The highest BCUT2D eigenvalue weighted by molar-refractivity contribution is 5.80. The van der Waals surface area contributed by atoms with Crippen LogP contribution in [0.3, 0.4) is 0 Å². The molecule has 0 radical (unpaired) electrons. The first-order valence-corrected chi connectivity index (χ1v) is 6.19. The van der Waals surface area contributed by atoms with E-state index < -0.39 is 6.10 Å². The lowest BCUT2D eigenvalue weighted by Gasteiger charge is -2.25. The van der Waals surface area contributed by atoms with Gasteiger partial charge in [-0.25, -0.2) is 9.97 Å². The maximum atomic E-state index is 11.9. The minimum Gasteiger partial charge on any atom is -0.467 e. The predicted octanol–water partition coefficient (Wildman–Crippen LogP) is -0.392. The molecule has 1 aromatic heterocycles.